The maximum absolute atomic E-state index is 5.74. The zero-order chi connectivity index (χ0) is 16.8. The van der Waals surface area contributed by atoms with Crippen LogP contribution in [0.15, 0.2) is 41.1 Å². The van der Waals surface area contributed by atoms with Gasteiger partial charge in [0.2, 0.25) is 0 Å². The molecule has 1 saturated heterocycles. The number of halogens is 2. The molecule has 1 aromatic carbocycles. The van der Waals surface area contributed by atoms with Crippen LogP contribution in [-0.2, 0) is 6.54 Å². The van der Waals surface area contributed by atoms with Crippen molar-refractivity contribution in [3.8, 4) is 11.8 Å². The number of piperidine rings is 1. The van der Waals surface area contributed by atoms with Gasteiger partial charge in [-0.3, -0.25) is 4.90 Å². The molecule has 2 heterocycles. The zero-order valence-electron chi connectivity index (χ0n) is 14.2. The molecule has 1 aromatic heterocycles. The summed E-state index contributed by atoms with van der Waals surface area (Å²) in [6, 6.07) is 8.75. The molecule has 1 unspecified atom stereocenters. The first-order valence-corrected chi connectivity index (χ1v) is 8.98. The van der Waals surface area contributed by atoms with Crippen LogP contribution in [0.3, 0.4) is 0 Å². The average molecular weight is 429 g/mol. The summed E-state index contributed by atoms with van der Waals surface area (Å²) in [6.45, 7) is 3.82. The van der Waals surface area contributed by atoms with Gasteiger partial charge in [0.1, 0.15) is 5.75 Å². The van der Waals surface area contributed by atoms with Crippen LogP contribution in [0, 0.1) is 5.92 Å². The van der Waals surface area contributed by atoms with Crippen molar-refractivity contribution < 1.29 is 9.47 Å². The fourth-order valence-corrected chi connectivity index (χ4v) is 3.19. The number of nitrogens with zero attached hydrogens (tertiary/aromatic N) is 3. The lowest BCUT2D eigenvalue weighted by Crippen LogP contribution is -2.37. The first kappa shape index (κ1) is 19.9. The summed E-state index contributed by atoms with van der Waals surface area (Å²) in [5.74, 6) is 1.42. The standard InChI is InChI=1S/C18H22BrN3O2.ClH/c1-23-17-6-4-14(5-7-17)11-22-8-2-3-15(12-22)13-24-18-20-9-16(19)10-21-18;/h4-7,9-10,15H,2-3,8,11-13H2,1H3;1H. The number of benzene rings is 1. The van der Waals surface area contributed by atoms with Crippen molar-refractivity contribution >= 4 is 28.3 Å². The van der Waals surface area contributed by atoms with E-state index in [2.05, 4.69) is 42.9 Å². The quantitative estimate of drug-likeness (QED) is 0.697. The number of rotatable bonds is 6. The Bertz CT molecular complexity index is 640. The topological polar surface area (TPSA) is 47.5 Å². The smallest absolute Gasteiger partial charge is 0.316 e. The average Bonchev–Trinajstić information content (AvgIpc) is 2.62. The molecule has 7 heteroatoms. The second kappa shape index (κ2) is 9.94. The van der Waals surface area contributed by atoms with Gasteiger partial charge in [0, 0.05) is 31.4 Å². The monoisotopic (exact) mass is 427 g/mol. The highest BCUT2D eigenvalue weighted by molar-refractivity contribution is 9.10. The minimum absolute atomic E-state index is 0. The summed E-state index contributed by atoms with van der Waals surface area (Å²) in [5.41, 5.74) is 1.31. The molecular formula is C18H23BrClN3O2. The second-order valence-corrected chi connectivity index (χ2v) is 7.00. The van der Waals surface area contributed by atoms with Crippen molar-refractivity contribution in [1.82, 2.24) is 14.9 Å². The molecule has 25 heavy (non-hydrogen) atoms. The van der Waals surface area contributed by atoms with Crippen molar-refractivity contribution in [2.75, 3.05) is 26.8 Å². The van der Waals surface area contributed by atoms with Gasteiger partial charge in [0.25, 0.3) is 0 Å². The normalized spacial score (nSPS) is 17.6. The molecule has 1 aliphatic heterocycles. The minimum Gasteiger partial charge on any atom is -0.497 e. The molecule has 0 N–H and O–H groups in total. The van der Waals surface area contributed by atoms with Crippen LogP contribution >= 0.6 is 28.3 Å². The second-order valence-electron chi connectivity index (χ2n) is 6.09. The van der Waals surface area contributed by atoms with Crippen LogP contribution < -0.4 is 9.47 Å². The molecule has 0 aliphatic carbocycles. The van der Waals surface area contributed by atoms with Crippen molar-refractivity contribution in [2.24, 2.45) is 5.92 Å². The van der Waals surface area contributed by atoms with E-state index in [4.69, 9.17) is 9.47 Å². The van der Waals surface area contributed by atoms with Crippen LogP contribution in [-0.4, -0.2) is 41.7 Å². The number of aromatic nitrogens is 2. The number of methoxy groups -OCH3 is 1. The fraction of sp³-hybridized carbons (Fsp3) is 0.444. The summed E-state index contributed by atoms with van der Waals surface area (Å²) in [4.78, 5) is 10.8. The van der Waals surface area contributed by atoms with E-state index in [9.17, 15) is 0 Å². The molecule has 2 aromatic rings. The van der Waals surface area contributed by atoms with Gasteiger partial charge in [-0.2, -0.15) is 0 Å². The summed E-state index contributed by atoms with van der Waals surface area (Å²) < 4.78 is 11.8. The van der Waals surface area contributed by atoms with Crippen molar-refractivity contribution in [3.05, 3.63) is 46.7 Å². The van der Waals surface area contributed by atoms with E-state index in [-0.39, 0.29) is 12.4 Å². The Balaban J connectivity index is 0.00000225. The highest BCUT2D eigenvalue weighted by atomic mass is 79.9. The van der Waals surface area contributed by atoms with Gasteiger partial charge in [0.05, 0.1) is 18.2 Å². The van der Waals surface area contributed by atoms with Gasteiger partial charge >= 0.3 is 6.01 Å². The molecule has 1 fully saturated rings. The predicted molar refractivity (Wildman–Crippen MR) is 103 cm³/mol. The van der Waals surface area contributed by atoms with Gasteiger partial charge in [0.15, 0.2) is 0 Å². The van der Waals surface area contributed by atoms with Gasteiger partial charge in [-0.15, -0.1) is 12.4 Å². The van der Waals surface area contributed by atoms with Crippen LogP contribution in [0.1, 0.15) is 18.4 Å². The zero-order valence-corrected chi connectivity index (χ0v) is 16.6. The molecule has 1 atom stereocenters. The van der Waals surface area contributed by atoms with Gasteiger partial charge in [-0.1, -0.05) is 12.1 Å². The maximum Gasteiger partial charge on any atom is 0.316 e. The molecular weight excluding hydrogens is 406 g/mol. The van der Waals surface area contributed by atoms with Crippen LogP contribution in [0.2, 0.25) is 0 Å². The Kier molecular flexibility index (Phi) is 7.93. The van der Waals surface area contributed by atoms with Crippen LogP contribution in [0.25, 0.3) is 0 Å². The van der Waals surface area contributed by atoms with E-state index >= 15 is 0 Å². The lowest BCUT2D eigenvalue weighted by Gasteiger charge is -2.32. The van der Waals surface area contributed by atoms with Gasteiger partial charge in [-0.05, 0) is 53.0 Å². The van der Waals surface area contributed by atoms with Crippen LogP contribution in [0.5, 0.6) is 11.8 Å². The largest absolute Gasteiger partial charge is 0.497 e. The molecule has 3 rings (SSSR count). The first-order valence-electron chi connectivity index (χ1n) is 8.18. The van der Waals surface area contributed by atoms with Gasteiger partial charge < -0.3 is 9.47 Å². The third-order valence-electron chi connectivity index (χ3n) is 4.21. The molecule has 136 valence electrons. The van der Waals surface area contributed by atoms with E-state index in [1.54, 1.807) is 19.5 Å². The number of hydrogen-bond acceptors (Lipinski definition) is 5. The minimum atomic E-state index is 0. The SMILES string of the molecule is COc1ccc(CN2CCCC(COc3ncc(Br)cn3)C2)cc1.Cl. The molecule has 0 radical (unpaired) electrons. The summed E-state index contributed by atoms with van der Waals surface area (Å²) in [5, 5.41) is 0. The molecule has 0 amide bonds. The lowest BCUT2D eigenvalue weighted by molar-refractivity contribution is 0.120. The number of ether oxygens (including phenoxy) is 2. The van der Waals surface area contributed by atoms with E-state index in [0.717, 1.165) is 29.9 Å². The summed E-state index contributed by atoms with van der Waals surface area (Å²) in [6.07, 6.45) is 5.80. The van der Waals surface area contributed by atoms with E-state index in [0.29, 0.717) is 18.5 Å². The van der Waals surface area contributed by atoms with Crippen molar-refractivity contribution in [1.29, 1.82) is 0 Å². The summed E-state index contributed by atoms with van der Waals surface area (Å²) in [7, 11) is 1.69. The summed E-state index contributed by atoms with van der Waals surface area (Å²) >= 11 is 3.33. The maximum atomic E-state index is 5.74. The Hall–Kier alpha value is -1.37. The Morgan fingerprint density at radius 3 is 2.60 bits per heavy atom. The molecule has 5 nitrogen and oxygen atoms in total. The Labute approximate surface area is 163 Å². The van der Waals surface area contributed by atoms with Crippen LogP contribution in [0.4, 0.5) is 0 Å². The number of hydrogen-bond donors (Lipinski definition) is 0. The fourth-order valence-electron chi connectivity index (χ4n) is 2.99. The Morgan fingerprint density at radius 1 is 1.20 bits per heavy atom. The molecule has 0 bridgehead atoms. The highest BCUT2D eigenvalue weighted by Crippen LogP contribution is 2.20. The third-order valence-corrected chi connectivity index (χ3v) is 4.62. The molecule has 0 saturated carbocycles. The van der Waals surface area contributed by atoms with E-state index < -0.39 is 0 Å². The highest BCUT2D eigenvalue weighted by Gasteiger charge is 2.21. The first-order chi connectivity index (χ1) is 11.7. The molecule has 0 spiro atoms. The van der Waals surface area contributed by atoms with E-state index in [1.165, 1.54) is 18.4 Å². The van der Waals surface area contributed by atoms with E-state index in [1.807, 2.05) is 12.1 Å². The molecule has 1 aliphatic rings. The van der Waals surface area contributed by atoms with Crippen molar-refractivity contribution in [2.45, 2.75) is 19.4 Å². The predicted octanol–water partition coefficient (Wildman–Crippen LogP) is 3.96. The Morgan fingerprint density at radius 2 is 1.92 bits per heavy atom. The third kappa shape index (κ3) is 6.13. The lowest BCUT2D eigenvalue weighted by atomic mass is 9.98. The van der Waals surface area contributed by atoms with Gasteiger partial charge in [-0.25, -0.2) is 9.97 Å². The van der Waals surface area contributed by atoms with Crippen molar-refractivity contribution in [3.63, 3.8) is 0 Å². The number of likely N-dealkylation sites (tertiary alicyclic amines) is 1.